The third-order valence-corrected chi connectivity index (χ3v) is 9.41. The van der Waals surface area contributed by atoms with E-state index in [4.69, 9.17) is 9.47 Å². The number of carbonyl (C=O) groups is 3. The van der Waals surface area contributed by atoms with E-state index in [0.717, 1.165) is 38.5 Å². The molecule has 176 valence electrons. The molecule has 0 spiro atoms. The van der Waals surface area contributed by atoms with Gasteiger partial charge >= 0.3 is 11.9 Å². The fraction of sp³-hybridized carbons (Fsp3) is 0.741. The Morgan fingerprint density at radius 1 is 1.22 bits per heavy atom. The van der Waals surface area contributed by atoms with Gasteiger partial charge in [-0.1, -0.05) is 31.1 Å². The fourth-order valence-corrected chi connectivity index (χ4v) is 7.57. The lowest BCUT2D eigenvalue weighted by Gasteiger charge is -2.56. The van der Waals surface area contributed by atoms with Crippen molar-refractivity contribution in [1.29, 1.82) is 0 Å². The Kier molecular flexibility index (Phi) is 6.15. The van der Waals surface area contributed by atoms with Crippen molar-refractivity contribution in [2.75, 3.05) is 7.11 Å². The van der Waals surface area contributed by atoms with Gasteiger partial charge in [-0.05, 0) is 87.0 Å². The number of ether oxygens (including phenoxy) is 2. The summed E-state index contributed by atoms with van der Waals surface area (Å²) in [5, 5.41) is 0. The van der Waals surface area contributed by atoms with Crippen molar-refractivity contribution < 1.29 is 23.9 Å². The zero-order valence-electron chi connectivity index (χ0n) is 20.2. The highest BCUT2D eigenvalue weighted by Crippen LogP contribution is 2.64. The Bertz CT molecular complexity index is 869. The molecule has 4 aliphatic carbocycles. The summed E-state index contributed by atoms with van der Waals surface area (Å²) in [7, 11) is 1.42. The predicted octanol–water partition coefficient (Wildman–Crippen LogP) is 5.19. The molecule has 0 aromatic carbocycles. The zero-order valence-corrected chi connectivity index (χ0v) is 20.2. The molecule has 0 saturated heterocycles. The Hall–Kier alpha value is -1.91. The van der Waals surface area contributed by atoms with E-state index in [1.807, 2.05) is 6.08 Å². The van der Waals surface area contributed by atoms with Gasteiger partial charge in [0.2, 0.25) is 0 Å². The van der Waals surface area contributed by atoms with Crippen molar-refractivity contribution >= 4 is 17.7 Å². The van der Waals surface area contributed by atoms with Crippen molar-refractivity contribution in [2.45, 2.75) is 85.2 Å². The normalized spacial score (nSPS) is 39.1. The first-order chi connectivity index (χ1) is 15.1. The van der Waals surface area contributed by atoms with Crippen molar-refractivity contribution in [3.8, 4) is 0 Å². The molecule has 0 aliphatic heterocycles. The van der Waals surface area contributed by atoms with Crippen LogP contribution in [0.4, 0.5) is 0 Å². The van der Waals surface area contributed by atoms with E-state index in [1.165, 1.54) is 25.2 Å². The first-order valence-electron chi connectivity index (χ1n) is 12.3. The predicted molar refractivity (Wildman–Crippen MR) is 122 cm³/mol. The Morgan fingerprint density at radius 3 is 2.66 bits per heavy atom. The van der Waals surface area contributed by atoms with Gasteiger partial charge in [-0.3, -0.25) is 14.4 Å². The van der Waals surface area contributed by atoms with Gasteiger partial charge in [0.15, 0.2) is 5.78 Å². The number of fused-ring (bicyclic) bond motifs is 5. The zero-order chi connectivity index (χ0) is 23.3. The second-order valence-corrected chi connectivity index (χ2v) is 11.0. The summed E-state index contributed by atoms with van der Waals surface area (Å²) in [6, 6.07) is 0. The van der Waals surface area contributed by atoms with Crippen LogP contribution in [0.25, 0.3) is 0 Å². The molecule has 5 nitrogen and oxygen atoms in total. The standard InChI is InChI=1S/C27H38O5/c1-16(6-11-25(30)31-5)21-9-10-22-20-8-7-18-14-19(32-17(2)28)12-13-26(18,3)23(20)15-24(29)27(21,22)4/h9,15-16,18-20,22H,6-8,10-14H2,1-5H3/t16-,18?,19-,20?,22?,26+,27-/m1/s1. The van der Waals surface area contributed by atoms with Crippen molar-refractivity contribution in [2.24, 2.45) is 34.5 Å². The first kappa shape index (κ1) is 23.3. The number of allylic oxidation sites excluding steroid dienone is 4. The molecule has 0 aromatic heterocycles. The quantitative estimate of drug-likeness (QED) is 0.433. The summed E-state index contributed by atoms with van der Waals surface area (Å²) >= 11 is 0. The highest BCUT2D eigenvalue weighted by molar-refractivity contribution is 5.99. The maximum absolute atomic E-state index is 13.7. The molecule has 3 unspecified atom stereocenters. The minimum Gasteiger partial charge on any atom is -0.469 e. The van der Waals surface area contributed by atoms with E-state index in [2.05, 4.69) is 26.8 Å². The highest BCUT2D eigenvalue weighted by atomic mass is 16.5. The second kappa shape index (κ2) is 8.46. The van der Waals surface area contributed by atoms with Gasteiger partial charge in [-0.15, -0.1) is 0 Å². The smallest absolute Gasteiger partial charge is 0.305 e. The Labute approximate surface area is 192 Å². The molecule has 0 aromatic rings. The molecule has 7 atom stereocenters. The summed E-state index contributed by atoms with van der Waals surface area (Å²) in [6.45, 7) is 8.12. The summed E-state index contributed by atoms with van der Waals surface area (Å²) in [4.78, 5) is 36.8. The van der Waals surface area contributed by atoms with Crippen LogP contribution < -0.4 is 0 Å². The van der Waals surface area contributed by atoms with Crippen LogP contribution in [0.2, 0.25) is 0 Å². The fourth-order valence-electron chi connectivity index (χ4n) is 7.57. The summed E-state index contributed by atoms with van der Waals surface area (Å²) in [5.41, 5.74) is 2.15. The largest absolute Gasteiger partial charge is 0.469 e. The van der Waals surface area contributed by atoms with Gasteiger partial charge < -0.3 is 9.47 Å². The number of ketones is 1. The van der Waals surface area contributed by atoms with Gasteiger partial charge in [0.25, 0.3) is 0 Å². The summed E-state index contributed by atoms with van der Waals surface area (Å²) in [6.07, 6.45) is 11.4. The number of esters is 2. The molecule has 32 heavy (non-hydrogen) atoms. The number of hydrogen-bond acceptors (Lipinski definition) is 5. The third-order valence-electron chi connectivity index (χ3n) is 9.41. The van der Waals surface area contributed by atoms with Crippen LogP contribution in [0, 0.1) is 34.5 Å². The van der Waals surface area contributed by atoms with Crippen LogP contribution in [0.3, 0.4) is 0 Å². The molecule has 0 bridgehead atoms. The van der Waals surface area contributed by atoms with Crippen LogP contribution >= 0.6 is 0 Å². The molecule has 5 heteroatoms. The second-order valence-electron chi connectivity index (χ2n) is 11.0. The molecular weight excluding hydrogens is 404 g/mol. The van der Waals surface area contributed by atoms with E-state index in [9.17, 15) is 14.4 Å². The Morgan fingerprint density at radius 2 is 1.97 bits per heavy atom. The van der Waals surface area contributed by atoms with E-state index < -0.39 is 5.41 Å². The van der Waals surface area contributed by atoms with Crippen LogP contribution in [-0.2, 0) is 23.9 Å². The summed E-state index contributed by atoms with van der Waals surface area (Å²) < 4.78 is 10.4. The van der Waals surface area contributed by atoms with Crippen LogP contribution in [0.1, 0.15) is 79.1 Å². The van der Waals surface area contributed by atoms with Gasteiger partial charge in [-0.25, -0.2) is 0 Å². The molecule has 0 N–H and O–H groups in total. The average molecular weight is 443 g/mol. The number of rotatable bonds is 5. The molecule has 4 aliphatic rings. The lowest BCUT2D eigenvalue weighted by Crippen LogP contribution is -2.51. The number of carbonyl (C=O) groups excluding carboxylic acids is 3. The lowest BCUT2D eigenvalue weighted by atomic mass is 9.48. The van der Waals surface area contributed by atoms with Crippen molar-refractivity contribution in [1.82, 2.24) is 0 Å². The van der Waals surface area contributed by atoms with Gasteiger partial charge in [-0.2, -0.15) is 0 Å². The minimum absolute atomic E-state index is 0.0164. The van der Waals surface area contributed by atoms with Crippen molar-refractivity contribution in [3.63, 3.8) is 0 Å². The first-order valence-corrected chi connectivity index (χ1v) is 12.3. The van der Waals surface area contributed by atoms with Gasteiger partial charge in [0.05, 0.1) is 12.5 Å². The Balaban J connectivity index is 1.56. The topological polar surface area (TPSA) is 69.7 Å². The lowest BCUT2D eigenvalue weighted by molar-refractivity contribution is -0.151. The maximum Gasteiger partial charge on any atom is 0.305 e. The SMILES string of the molecule is COC(=O)CC[C@@H](C)C1=CCC2C3CCC4C[C@H](OC(C)=O)CC[C@]4(C)C3=CC(=O)[C@]12C. The minimum atomic E-state index is -0.457. The monoisotopic (exact) mass is 442 g/mol. The third kappa shape index (κ3) is 3.66. The van der Waals surface area contributed by atoms with Crippen LogP contribution in [0.5, 0.6) is 0 Å². The molecule has 0 heterocycles. The molecule has 0 amide bonds. The van der Waals surface area contributed by atoms with E-state index >= 15 is 0 Å². The van der Waals surface area contributed by atoms with Crippen LogP contribution in [-0.4, -0.2) is 30.9 Å². The molecule has 0 radical (unpaired) electrons. The maximum atomic E-state index is 13.7. The highest BCUT2D eigenvalue weighted by Gasteiger charge is 2.58. The van der Waals surface area contributed by atoms with Gasteiger partial charge in [0.1, 0.15) is 6.10 Å². The van der Waals surface area contributed by atoms with E-state index in [-0.39, 0.29) is 35.2 Å². The van der Waals surface area contributed by atoms with Crippen LogP contribution in [0.15, 0.2) is 23.3 Å². The molecule has 2 fully saturated rings. The molecule has 4 rings (SSSR count). The molecule has 2 saturated carbocycles. The van der Waals surface area contributed by atoms with Gasteiger partial charge in [0, 0.05) is 13.3 Å². The van der Waals surface area contributed by atoms with E-state index in [0.29, 0.717) is 30.6 Å². The number of hydrogen-bond donors (Lipinski definition) is 0. The number of methoxy groups -OCH3 is 1. The van der Waals surface area contributed by atoms with E-state index in [1.54, 1.807) is 0 Å². The van der Waals surface area contributed by atoms with Crippen molar-refractivity contribution in [3.05, 3.63) is 23.3 Å². The average Bonchev–Trinajstić information content (AvgIpc) is 3.11. The summed E-state index contributed by atoms with van der Waals surface area (Å²) in [5.74, 6) is 1.26. The molecular formula is C27H38O5.